The van der Waals surface area contributed by atoms with Gasteiger partial charge in [-0.15, -0.1) is 0 Å². The Morgan fingerprint density at radius 1 is 1.25 bits per heavy atom. The fourth-order valence-electron chi connectivity index (χ4n) is 3.53. The third-order valence-corrected chi connectivity index (χ3v) is 4.41. The highest BCUT2D eigenvalue weighted by molar-refractivity contribution is 5.42. The summed E-state index contributed by atoms with van der Waals surface area (Å²) < 4.78 is 0. The Morgan fingerprint density at radius 2 is 2.00 bits per heavy atom. The predicted molar refractivity (Wildman–Crippen MR) is 66.6 cm³/mol. The van der Waals surface area contributed by atoms with Crippen LogP contribution in [0.3, 0.4) is 0 Å². The molecule has 1 heterocycles. The minimum atomic E-state index is 0.454. The number of rotatable bonds is 1. The number of nitrogens with one attached hydrogen (secondary N) is 2. The topological polar surface area (TPSA) is 24.1 Å². The Bertz CT molecular complexity index is 380. The van der Waals surface area contributed by atoms with Crippen molar-refractivity contribution in [1.82, 2.24) is 10.6 Å². The van der Waals surface area contributed by atoms with Gasteiger partial charge in [-0.1, -0.05) is 24.3 Å². The highest BCUT2D eigenvalue weighted by Crippen LogP contribution is 2.49. The van der Waals surface area contributed by atoms with E-state index >= 15 is 0 Å². The van der Waals surface area contributed by atoms with Crippen LogP contribution in [-0.4, -0.2) is 20.1 Å². The van der Waals surface area contributed by atoms with E-state index in [9.17, 15) is 0 Å². The van der Waals surface area contributed by atoms with E-state index in [1.165, 1.54) is 37.9 Å². The molecular weight excluding hydrogens is 196 g/mol. The molecule has 0 unspecified atom stereocenters. The summed E-state index contributed by atoms with van der Waals surface area (Å²) in [5.74, 6) is 0. The van der Waals surface area contributed by atoms with Crippen molar-refractivity contribution >= 4 is 0 Å². The molecule has 2 heteroatoms. The van der Waals surface area contributed by atoms with Crippen molar-refractivity contribution in [3.05, 3.63) is 35.4 Å². The molecule has 1 spiro atoms. The molecule has 1 aliphatic heterocycles. The van der Waals surface area contributed by atoms with Crippen LogP contribution in [-0.2, 0) is 5.41 Å². The molecular formula is C14H20N2. The minimum absolute atomic E-state index is 0.454. The molecule has 2 nitrogen and oxygen atoms in total. The molecule has 1 aromatic carbocycles. The van der Waals surface area contributed by atoms with E-state index in [-0.39, 0.29) is 0 Å². The first-order chi connectivity index (χ1) is 7.86. The zero-order valence-electron chi connectivity index (χ0n) is 9.92. The Hall–Kier alpha value is -0.860. The molecule has 86 valence electrons. The van der Waals surface area contributed by atoms with Crippen molar-refractivity contribution in [3.63, 3.8) is 0 Å². The quantitative estimate of drug-likeness (QED) is 0.750. The second kappa shape index (κ2) is 3.86. The van der Waals surface area contributed by atoms with Crippen LogP contribution in [0.4, 0.5) is 0 Å². The van der Waals surface area contributed by atoms with Gasteiger partial charge in [-0.05, 0) is 55.9 Å². The first-order valence-electron chi connectivity index (χ1n) is 6.33. The molecule has 1 saturated heterocycles. The van der Waals surface area contributed by atoms with Gasteiger partial charge in [0.1, 0.15) is 0 Å². The van der Waals surface area contributed by atoms with Crippen LogP contribution in [0, 0.1) is 0 Å². The van der Waals surface area contributed by atoms with E-state index in [0.29, 0.717) is 11.5 Å². The summed E-state index contributed by atoms with van der Waals surface area (Å²) in [7, 11) is 2.08. The van der Waals surface area contributed by atoms with E-state index in [1.807, 2.05) is 0 Å². The predicted octanol–water partition coefficient (Wildman–Crippen LogP) is 1.97. The molecule has 2 N–H and O–H groups in total. The first kappa shape index (κ1) is 10.3. The summed E-state index contributed by atoms with van der Waals surface area (Å²) in [6.07, 6.45) is 3.87. The van der Waals surface area contributed by atoms with Crippen molar-refractivity contribution in [2.75, 3.05) is 20.1 Å². The van der Waals surface area contributed by atoms with Crippen molar-refractivity contribution in [1.29, 1.82) is 0 Å². The molecule has 3 rings (SSSR count). The number of fused-ring (bicyclic) bond motifs is 2. The maximum absolute atomic E-state index is 3.48. The van der Waals surface area contributed by atoms with Gasteiger partial charge in [-0.25, -0.2) is 0 Å². The Morgan fingerprint density at radius 3 is 2.75 bits per heavy atom. The summed E-state index contributed by atoms with van der Waals surface area (Å²) in [6, 6.07) is 9.57. The Balaban J connectivity index is 2.04. The third-order valence-electron chi connectivity index (χ3n) is 4.41. The zero-order valence-corrected chi connectivity index (χ0v) is 9.92. The molecule has 16 heavy (non-hydrogen) atoms. The van der Waals surface area contributed by atoms with E-state index in [1.54, 1.807) is 5.56 Å². The molecule has 1 fully saturated rings. The zero-order chi connectivity index (χ0) is 11.0. The molecule has 0 amide bonds. The van der Waals surface area contributed by atoms with Crippen LogP contribution in [0.1, 0.15) is 36.4 Å². The van der Waals surface area contributed by atoms with Gasteiger partial charge in [0.25, 0.3) is 0 Å². The summed E-state index contributed by atoms with van der Waals surface area (Å²) in [5.41, 5.74) is 3.60. The summed E-state index contributed by atoms with van der Waals surface area (Å²) in [4.78, 5) is 0. The summed E-state index contributed by atoms with van der Waals surface area (Å²) in [6.45, 7) is 2.34. The van der Waals surface area contributed by atoms with Gasteiger partial charge in [0.15, 0.2) is 0 Å². The van der Waals surface area contributed by atoms with Crippen LogP contribution >= 0.6 is 0 Å². The SMILES string of the molecule is CN[C@@H]1CC2(CCNCC2)c2ccccc21. The molecule has 1 aliphatic carbocycles. The lowest BCUT2D eigenvalue weighted by molar-refractivity contribution is 0.286. The monoisotopic (exact) mass is 216 g/mol. The third kappa shape index (κ3) is 1.40. The van der Waals surface area contributed by atoms with Crippen LogP contribution in [0.5, 0.6) is 0 Å². The highest BCUT2D eigenvalue weighted by atomic mass is 14.9. The van der Waals surface area contributed by atoms with Crippen LogP contribution < -0.4 is 10.6 Å². The summed E-state index contributed by atoms with van der Waals surface area (Å²) in [5, 5.41) is 6.95. The minimum Gasteiger partial charge on any atom is -0.317 e. The molecule has 0 saturated carbocycles. The molecule has 0 aromatic heterocycles. The van der Waals surface area contributed by atoms with Crippen molar-refractivity contribution in [2.24, 2.45) is 0 Å². The average molecular weight is 216 g/mol. The Kier molecular flexibility index (Phi) is 2.49. The van der Waals surface area contributed by atoms with Gasteiger partial charge in [0.05, 0.1) is 0 Å². The number of benzene rings is 1. The second-order valence-corrected chi connectivity index (χ2v) is 5.16. The van der Waals surface area contributed by atoms with Crippen LogP contribution in [0.2, 0.25) is 0 Å². The summed E-state index contributed by atoms with van der Waals surface area (Å²) >= 11 is 0. The van der Waals surface area contributed by atoms with Crippen LogP contribution in [0.15, 0.2) is 24.3 Å². The second-order valence-electron chi connectivity index (χ2n) is 5.16. The molecule has 1 aromatic rings. The van der Waals surface area contributed by atoms with Crippen molar-refractivity contribution < 1.29 is 0 Å². The first-order valence-corrected chi connectivity index (χ1v) is 6.33. The van der Waals surface area contributed by atoms with Gasteiger partial charge >= 0.3 is 0 Å². The number of hydrogen-bond acceptors (Lipinski definition) is 2. The standard InChI is InChI=1S/C14H20N2/c1-15-13-10-14(6-8-16-9-7-14)12-5-3-2-4-11(12)13/h2-5,13,15-16H,6-10H2,1H3/t13-/m1/s1. The van der Waals surface area contributed by atoms with E-state index in [0.717, 1.165) is 0 Å². The van der Waals surface area contributed by atoms with Crippen molar-refractivity contribution in [3.8, 4) is 0 Å². The smallest absolute Gasteiger partial charge is 0.0329 e. The molecule has 1 atom stereocenters. The maximum atomic E-state index is 3.48. The normalized spacial score (nSPS) is 26.9. The van der Waals surface area contributed by atoms with Gasteiger partial charge in [-0.2, -0.15) is 0 Å². The van der Waals surface area contributed by atoms with E-state index in [4.69, 9.17) is 0 Å². The largest absolute Gasteiger partial charge is 0.317 e. The van der Waals surface area contributed by atoms with Gasteiger partial charge in [0, 0.05) is 6.04 Å². The number of piperidine rings is 1. The van der Waals surface area contributed by atoms with Crippen molar-refractivity contribution in [2.45, 2.75) is 30.7 Å². The maximum Gasteiger partial charge on any atom is 0.0329 e. The van der Waals surface area contributed by atoms with Gasteiger partial charge in [-0.3, -0.25) is 0 Å². The molecule has 2 aliphatic rings. The fourth-order valence-corrected chi connectivity index (χ4v) is 3.53. The lowest BCUT2D eigenvalue weighted by Gasteiger charge is -2.35. The molecule has 0 radical (unpaired) electrons. The van der Waals surface area contributed by atoms with Crippen LogP contribution in [0.25, 0.3) is 0 Å². The van der Waals surface area contributed by atoms with E-state index in [2.05, 4.69) is 41.9 Å². The Labute approximate surface area is 97.4 Å². The fraction of sp³-hybridized carbons (Fsp3) is 0.571. The van der Waals surface area contributed by atoms with E-state index < -0.39 is 0 Å². The lowest BCUT2D eigenvalue weighted by Crippen LogP contribution is -2.38. The van der Waals surface area contributed by atoms with Gasteiger partial charge < -0.3 is 10.6 Å². The molecule has 0 bridgehead atoms. The average Bonchev–Trinajstić information content (AvgIpc) is 2.66. The lowest BCUT2D eigenvalue weighted by atomic mass is 9.74. The number of hydrogen-bond donors (Lipinski definition) is 2. The van der Waals surface area contributed by atoms with Gasteiger partial charge in [0.2, 0.25) is 0 Å². The highest BCUT2D eigenvalue weighted by Gasteiger charge is 2.43.